The SMILES string of the molecule is COc1cc(CC(=O)N2CC[C@@H](OCc3ccccc3)[C@H]2COc2ccc(C(=O)O)cc2)ccc1NC(=O)Nc1ccccc1C. The first-order chi connectivity index (χ1) is 22.3. The molecule has 2 atom stereocenters. The van der Waals surface area contributed by atoms with Crippen LogP contribution < -0.4 is 20.1 Å². The summed E-state index contributed by atoms with van der Waals surface area (Å²) in [7, 11) is 1.51. The molecule has 4 aromatic rings. The van der Waals surface area contributed by atoms with Gasteiger partial charge in [0, 0.05) is 12.2 Å². The lowest BCUT2D eigenvalue weighted by Crippen LogP contribution is -2.44. The molecule has 5 rings (SSSR count). The molecule has 0 spiro atoms. The van der Waals surface area contributed by atoms with Crippen LogP contribution in [-0.4, -0.2) is 60.3 Å². The lowest BCUT2D eigenvalue weighted by atomic mass is 10.1. The van der Waals surface area contributed by atoms with Crippen molar-refractivity contribution >= 4 is 29.3 Å². The average molecular weight is 624 g/mol. The zero-order valence-corrected chi connectivity index (χ0v) is 25.8. The highest BCUT2D eigenvalue weighted by Gasteiger charge is 2.38. The number of hydrogen-bond acceptors (Lipinski definition) is 6. The molecule has 0 aliphatic carbocycles. The molecule has 0 bridgehead atoms. The maximum Gasteiger partial charge on any atom is 0.335 e. The number of hydrogen-bond donors (Lipinski definition) is 3. The molecule has 46 heavy (non-hydrogen) atoms. The summed E-state index contributed by atoms with van der Waals surface area (Å²) in [6.45, 7) is 3.00. The molecule has 1 saturated heterocycles. The summed E-state index contributed by atoms with van der Waals surface area (Å²) in [5, 5.41) is 14.9. The molecule has 238 valence electrons. The Balaban J connectivity index is 1.26. The molecule has 0 radical (unpaired) electrons. The van der Waals surface area contributed by atoms with Gasteiger partial charge < -0.3 is 34.9 Å². The quantitative estimate of drug-likeness (QED) is 0.173. The van der Waals surface area contributed by atoms with Gasteiger partial charge in [-0.05, 0) is 72.5 Å². The normalized spacial score (nSPS) is 15.7. The highest BCUT2D eigenvalue weighted by Crippen LogP contribution is 2.29. The van der Waals surface area contributed by atoms with Crippen LogP contribution in [0.15, 0.2) is 97.1 Å². The number of para-hydroxylation sites is 1. The first kappa shape index (κ1) is 32.1. The van der Waals surface area contributed by atoms with Crippen LogP contribution in [0, 0.1) is 6.92 Å². The second-order valence-electron chi connectivity index (χ2n) is 11.0. The smallest absolute Gasteiger partial charge is 0.335 e. The van der Waals surface area contributed by atoms with E-state index in [1.165, 1.54) is 19.2 Å². The molecule has 1 aliphatic rings. The van der Waals surface area contributed by atoms with Crippen molar-refractivity contribution in [3.8, 4) is 11.5 Å². The Morgan fingerprint density at radius 1 is 0.870 bits per heavy atom. The number of carboxylic acid groups (broad SMARTS) is 1. The van der Waals surface area contributed by atoms with Crippen LogP contribution in [0.3, 0.4) is 0 Å². The number of rotatable bonds is 12. The fourth-order valence-electron chi connectivity index (χ4n) is 5.39. The number of methoxy groups -OCH3 is 1. The lowest BCUT2D eigenvalue weighted by molar-refractivity contribution is -0.133. The molecule has 4 aromatic carbocycles. The van der Waals surface area contributed by atoms with Gasteiger partial charge in [-0.25, -0.2) is 9.59 Å². The van der Waals surface area contributed by atoms with Crippen LogP contribution in [0.25, 0.3) is 0 Å². The molecular weight excluding hydrogens is 586 g/mol. The van der Waals surface area contributed by atoms with Crippen LogP contribution in [0.5, 0.6) is 11.5 Å². The number of carbonyl (C=O) groups excluding carboxylic acids is 2. The number of urea groups is 1. The number of aryl methyl sites for hydroxylation is 1. The Kier molecular flexibility index (Phi) is 10.5. The monoisotopic (exact) mass is 623 g/mol. The molecule has 0 saturated carbocycles. The fraction of sp³-hybridized carbons (Fsp3) is 0.250. The Hall–Kier alpha value is -5.35. The van der Waals surface area contributed by atoms with Crippen molar-refractivity contribution in [2.75, 3.05) is 30.9 Å². The molecule has 3 amide bonds. The topological polar surface area (TPSA) is 126 Å². The number of benzene rings is 4. The van der Waals surface area contributed by atoms with Gasteiger partial charge in [-0.15, -0.1) is 0 Å². The highest BCUT2D eigenvalue weighted by molar-refractivity contribution is 6.01. The third-order valence-corrected chi connectivity index (χ3v) is 7.90. The minimum Gasteiger partial charge on any atom is -0.495 e. The van der Waals surface area contributed by atoms with Crippen molar-refractivity contribution in [2.45, 2.75) is 38.5 Å². The highest BCUT2D eigenvalue weighted by atomic mass is 16.5. The Morgan fingerprint density at radius 2 is 1.59 bits per heavy atom. The van der Waals surface area contributed by atoms with Crippen LogP contribution in [0.2, 0.25) is 0 Å². The third-order valence-electron chi connectivity index (χ3n) is 7.90. The van der Waals surface area contributed by atoms with E-state index in [1.54, 1.807) is 35.2 Å². The Morgan fingerprint density at radius 3 is 2.30 bits per heavy atom. The zero-order chi connectivity index (χ0) is 32.5. The summed E-state index contributed by atoms with van der Waals surface area (Å²) in [5.41, 5.74) is 4.04. The minimum absolute atomic E-state index is 0.0966. The van der Waals surface area contributed by atoms with E-state index < -0.39 is 12.0 Å². The molecule has 3 N–H and O–H groups in total. The molecule has 0 unspecified atom stereocenters. The maximum absolute atomic E-state index is 13.7. The number of likely N-dealkylation sites (tertiary alicyclic amines) is 1. The van der Waals surface area contributed by atoms with E-state index in [-0.39, 0.29) is 36.6 Å². The second kappa shape index (κ2) is 15.1. The van der Waals surface area contributed by atoms with Crippen LogP contribution in [0.1, 0.15) is 33.5 Å². The largest absolute Gasteiger partial charge is 0.495 e. The van der Waals surface area contributed by atoms with Crippen molar-refractivity contribution < 1.29 is 33.7 Å². The number of ether oxygens (including phenoxy) is 3. The van der Waals surface area contributed by atoms with E-state index in [2.05, 4.69) is 10.6 Å². The first-order valence-corrected chi connectivity index (χ1v) is 15.0. The number of aromatic carboxylic acids is 1. The summed E-state index contributed by atoms with van der Waals surface area (Å²) >= 11 is 0. The molecule has 1 fully saturated rings. The Bertz CT molecular complexity index is 1660. The van der Waals surface area contributed by atoms with Crippen LogP contribution >= 0.6 is 0 Å². The number of nitrogens with one attached hydrogen (secondary N) is 2. The van der Waals surface area contributed by atoms with Gasteiger partial charge in [0.25, 0.3) is 0 Å². The van der Waals surface area contributed by atoms with Gasteiger partial charge in [0.05, 0.1) is 43.5 Å². The average Bonchev–Trinajstić information content (AvgIpc) is 3.48. The second-order valence-corrected chi connectivity index (χ2v) is 11.0. The maximum atomic E-state index is 13.7. The zero-order valence-electron chi connectivity index (χ0n) is 25.8. The van der Waals surface area contributed by atoms with Gasteiger partial charge in [0.2, 0.25) is 5.91 Å². The van der Waals surface area contributed by atoms with Crippen molar-refractivity contribution in [3.63, 3.8) is 0 Å². The summed E-state index contributed by atoms with van der Waals surface area (Å²) < 4.78 is 17.9. The molecule has 1 heterocycles. The van der Waals surface area contributed by atoms with Gasteiger partial charge in [-0.2, -0.15) is 0 Å². The number of carbonyl (C=O) groups is 3. The number of amides is 3. The predicted octanol–water partition coefficient (Wildman–Crippen LogP) is 6.15. The third kappa shape index (κ3) is 8.22. The fourth-order valence-corrected chi connectivity index (χ4v) is 5.39. The van der Waals surface area contributed by atoms with E-state index in [4.69, 9.17) is 14.2 Å². The van der Waals surface area contributed by atoms with Crippen LogP contribution in [-0.2, 0) is 22.6 Å². The van der Waals surface area contributed by atoms with Gasteiger partial charge in [-0.3, -0.25) is 4.79 Å². The summed E-state index contributed by atoms with van der Waals surface area (Å²) in [4.78, 5) is 39.4. The first-order valence-electron chi connectivity index (χ1n) is 15.0. The van der Waals surface area contributed by atoms with E-state index in [0.717, 1.165) is 16.7 Å². The standard InChI is InChI=1S/C36H37N3O7/c1-24-8-6-7-11-29(24)37-36(43)38-30-17-12-26(20-33(30)44-2)21-34(40)39-19-18-32(46-22-25-9-4-3-5-10-25)31(39)23-45-28-15-13-27(14-16-28)35(41)42/h3-17,20,31-32H,18-19,21-23H2,1-2H3,(H,41,42)(H2,37,38,43)/t31-,32-/m1/s1. The predicted molar refractivity (Wildman–Crippen MR) is 175 cm³/mol. The van der Waals surface area contributed by atoms with Crippen LogP contribution in [0.4, 0.5) is 16.2 Å². The van der Waals surface area contributed by atoms with Crippen molar-refractivity contribution in [1.82, 2.24) is 4.90 Å². The van der Waals surface area contributed by atoms with Gasteiger partial charge in [0.15, 0.2) is 0 Å². The summed E-state index contributed by atoms with van der Waals surface area (Å²) in [6.07, 6.45) is 0.504. The number of anilines is 2. The van der Waals surface area contributed by atoms with Crippen molar-refractivity contribution in [2.24, 2.45) is 0 Å². The molecular formula is C36H37N3O7. The van der Waals surface area contributed by atoms with Gasteiger partial charge in [-0.1, -0.05) is 54.6 Å². The summed E-state index contributed by atoms with van der Waals surface area (Å²) in [6, 6.07) is 28.0. The Labute approximate surface area is 267 Å². The number of nitrogens with zero attached hydrogens (tertiary/aromatic N) is 1. The van der Waals surface area contributed by atoms with E-state index in [1.807, 2.05) is 61.5 Å². The van der Waals surface area contributed by atoms with Crippen molar-refractivity contribution in [1.29, 1.82) is 0 Å². The molecule has 10 heteroatoms. The van der Waals surface area contributed by atoms with Crippen molar-refractivity contribution in [3.05, 3.63) is 119 Å². The van der Waals surface area contributed by atoms with E-state index >= 15 is 0 Å². The lowest BCUT2D eigenvalue weighted by Gasteiger charge is -2.28. The molecule has 10 nitrogen and oxygen atoms in total. The minimum atomic E-state index is -1.01. The summed E-state index contributed by atoms with van der Waals surface area (Å²) in [5.74, 6) is -0.175. The molecule has 1 aliphatic heterocycles. The van der Waals surface area contributed by atoms with Gasteiger partial charge in [0.1, 0.15) is 18.1 Å². The van der Waals surface area contributed by atoms with E-state index in [9.17, 15) is 19.5 Å². The number of carboxylic acids is 1. The van der Waals surface area contributed by atoms with E-state index in [0.29, 0.717) is 42.4 Å². The molecule has 0 aromatic heterocycles. The van der Waals surface area contributed by atoms with Gasteiger partial charge >= 0.3 is 12.0 Å².